The highest BCUT2D eigenvalue weighted by Crippen LogP contribution is 2.34. The molecule has 1 aliphatic rings. The standard InChI is InChI=1S/C10H19O4S2/c11-6-7-14-10(12)4-2-1-3-9-5-8-16(13)15-9/h9,11,16H,1-8H2/t9-/m1/s1. The van der Waals surface area contributed by atoms with Gasteiger partial charge in [0.2, 0.25) is 0 Å². The molecule has 2 atom stereocenters. The van der Waals surface area contributed by atoms with Crippen molar-refractivity contribution in [1.29, 1.82) is 0 Å². The highest BCUT2D eigenvalue weighted by molar-refractivity contribution is 8.72. The van der Waals surface area contributed by atoms with Crippen LogP contribution in [0.25, 0.3) is 0 Å². The number of thiol groups is 1. The molecule has 0 amide bonds. The molecule has 1 saturated heterocycles. The minimum Gasteiger partial charge on any atom is -0.645 e. The first-order chi connectivity index (χ1) is 7.72. The zero-order chi connectivity index (χ0) is 11.8. The second kappa shape index (κ2) is 8.22. The number of esters is 1. The van der Waals surface area contributed by atoms with Crippen molar-refractivity contribution in [1.82, 2.24) is 0 Å². The molecule has 0 spiro atoms. The maximum atomic E-state index is 11.1. The lowest BCUT2D eigenvalue weighted by molar-refractivity contribution is -0.144. The molecule has 0 aromatic carbocycles. The van der Waals surface area contributed by atoms with Crippen molar-refractivity contribution in [3.63, 3.8) is 0 Å². The predicted octanol–water partition coefficient (Wildman–Crippen LogP) is 0.984. The maximum Gasteiger partial charge on any atom is 0.305 e. The largest absolute Gasteiger partial charge is 0.645 e. The van der Waals surface area contributed by atoms with E-state index >= 15 is 0 Å². The third kappa shape index (κ3) is 5.98. The molecule has 6 heteroatoms. The van der Waals surface area contributed by atoms with E-state index in [2.05, 4.69) is 0 Å². The van der Waals surface area contributed by atoms with Gasteiger partial charge >= 0.3 is 5.97 Å². The Balaban J connectivity index is 1.93. The number of carbonyl (C=O) groups is 1. The summed E-state index contributed by atoms with van der Waals surface area (Å²) in [7, 11) is 0.600. The molecule has 1 heterocycles. The van der Waals surface area contributed by atoms with Crippen molar-refractivity contribution >= 4 is 27.0 Å². The van der Waals surface area contributed by atoms with Gasteiger partial charge in [-0.25, -0.2) is 0 Å². The zero-order valence-corrected chi connectivity index (χ0v) is 11.0. The van der Waals surface area contributed by atoms with Gasteiger partial charge in [0.05, 0.1) is 17.6 Å². The quantitative estimate of drug-likeness (QED) is 0.245. The highest BCUT2D eigenvalue weighted by atomic mass is 33.1. The Morgan fingerprint density at radius 3 is 3.00 bits per heavy atom. The van der Waals surface area contributed by atoms with Crippen molar-refractivity contribution in [2.24, 2.45) is 0 Å². The molecule has 1 aliphatic heterocycles. The average Bonchev–Trinajstić information content (AvgIpc) is 2.67. The minimum absolute atomic E-state index is 0.0950. The van der Waals surface area contributed by atoms with Gasteiger partial charge in [-0.1, -0.05) is 6.42 Å². The van der Waals surface area contributed by atoms with Crippen molar-refractivity contribution in [3.8, 4) is 0 Å². The number of carbonyl (C=O) groups excluding carboxylic acids is 1. The number of rotatable bonds is 7. The Labute approximate surface area is 103 Å². The highest BCUT2D eigenvalue weighted by Gasteiger charge is 2.23. The smallest absolute Gasteiger partial charge is 0.305 e. The molecule has 0 aromatic rings. The lowest BCUT2D eigenvalue weighted by atomic mass is 10.1. The van der Waals surface area contributed by atoms with Crippen molar-refractivity contribution < 1.29 is 19.2 Å². The Morgan fingerprint density at radius 1 is 1.56 bits per heavy atom. The predicted molar refractivity (Wildman–Crippen MR) is 66.9 cm³/mol. The lowest BCUT2D eigenvalue weighted by Crippen LogP contribution is -2.08. The van der Waals surface area contributed by atoms with Gasteiger partial charge in [-0.2, -0.15) is 0 Å². The van der Waals surface area contributed by atoms with E-state index in [0.29, 0.717) is 11.7 Å². The van der Waals surface area contributed by atoms with Crippen LogP contribution in [0.4, 0.5) is 0 Å². The molecule has 4 nitrogen and oxygen atoms in total. The summed E-state index contributed by atoms with van der Waals surface area (Å²) in [5, 5.41) is 8.97. The SMILES string of the molecule is O=C(CCCC[C@@H]1CC[SH+]([O-])S1)OCCO. The Morgan fingerprint density at radius 2 is 2.38 bits per heavy atom. The summed E-state index contributed by atoms with van der Waals surface area (Å²) < 4.78 is 15.9. The van der Waals surface area contributed by atoms with Crippen LogP contribution in [0, 0.1) is 0 Å². The van der Waals surface area contributed by atoms with Crippen LogP contribution in [0.1, 0.15) is 32.1 Å². The van der Waals surface area contributed by atoms with Gasteiger partial charge in [-0.3, -0.25) is 4.79 Å². The Hall–Kier alpha value is 0.0900. The van der Waals surface area contributed by atoms with Gasteiger partial charge in [-0.05, 0) is 12.8 Å². The van der Waals surface area contributed by atoms with E-state index in [1.54, 1.807) is 10.8 Å². The summed E-state index contributed by atoms with van der Waals surface area (Å²) in [5.41, 5.74) is 0. The summed E-state index contributed by atoms with van der Waals surface area (Å²) >= 11 is 0. The first kappa shape index (κ1) is 14.2. The summed E-state index contributed by atoms with van der Waals surface area (Å²) in [6.07, 6.45) is 4.31. The second-order valence-corrected chi connectivity index (χ2v) is 7.61. The fourth-order valence-corrected chi connectivity index (χ4v) is 5.48. The van der Waals surface area contributed by atoms with E-state index in [9.17, 15) is 9.35 Å². The third-order valence-corrected chi connectivity index (χ3v) is 6.19. The molecule has 1 fully saturated rings. The number of aliphatic hydroxyl groups excluding tert-OH is 1. The molecule has 0 aromatic heterocycles. The van der Waals surface area contributed by atoms with E-state index in [0.717, 1.165) is 31.4 Å². The number of hydrogen-bond donors (Lipinski definition) is 1. The molecule has 0 aliphatic carbocycles. The van der Waals surface area contributed by atoms with Crippen LogP contribution in [-0.2, 0) is 19.7 Å². The van der Waals surface area contributed by atoms with Crippen molar-refractivity contribution in [3.05, 3.63) is 0 Å². The average molecular weight is 267 g/mol. The summed E-state index contributed by atoms with van der Waals surface area (Å²) in [4.78, 5) is 11.1. The van der Waals surface area contributed by atoms with Gasteiger partial charge in [0.1, 0.15) is 6.61 Å². The number of hydrogen-bond acceptors (Lipinski definition) is 5. The maximum absolute atomic E-state index is 11.1. The van der Waals surface area contributed by atoms with Gasteiger partial charge in [0, 0.05) is 23.6 Å². The van der Waals surface area contributed by atoms with Crippen LogP contribution in [0.2, 0.25) is 0 Å². The Kier molecular flexibility index (Phi) is 7.27. The molecule has 0 saturated carbocycles. The van der Waals surface area contributed by atoms with E-state index < -0.39 is 10.2 Å². The molecule has 1 radical (unpaired) electrons. The fourth-order valence-electron chi connectivity index (χ4n) is 1.59. The van der Waals surface area contributed by atoms with Gasteiger partial charge < -0.3 is 14.4 Å². The van der Waals surface area contributed by atoms with Crippen LogP contribution in [0.5, 0.6) is 0 Å². The fraction of sp³-hybridized carbons (Fsp3) is 0.900. The molecule has 16 heavy (non-hydrogen) atoms. The van der Waals surface area contributed by atoms with Crippen LogP contribution in [-0.4, -0.2) is 39.8 Å². The van der Waals surface area contributed by atoms with Crippen LogP contribution < -0.4 is 0 Å². The van der Waals surface area contributed by atoms with Crippen LogP contribution in [0.3, 0.4) is 0 Å². The molecule has 1 unspecified atom stereocenters. The number of aliphatic hydroxyl groups is 1. The minimum atomic E-state index is -0.998. The van der Waals surface area contributed by atoms with E-state index in [1.165, 1.54) is 0 Å². The molecular formula is C10H19O4S2. The first-order valence-corrected chi connectivity index (χ1v) is 8.53. The van der Waals surface area contributed by atoms with E-state index in [-0.39, 0.29) is 19.2 Å². The molecular weight excluding hydrogens is 248 g/mol. The summed E-state index contributed by atoms with van der Waals surface area (Å²) in [5.74, 6) is 0.614. The van der Waals surface area contributed by atoms with Crippen molar-refractivity contribution in [2.75, 3.05) is 19.0 Å². The normalized spacial score (nSPS) is 24.6. The first-order valence-electron chi connectivity index (χ1n) is 5.60. The van der Waals surface area contributed by atoms with E-state index in [1.807, 2.05) is 0 Å². The molecule has 0 bridgehead atoms. The summed E-state index contributed by atoms with van der Waals surface area (Å²) in [6.45, 7) is -0.0186. The third-order valence-electron chi connectivity index (χ3n) is 2.41. The lowest BCUT2D eigenvalue weighted by Gasteiger charge is -2.08. The summed E-state index contributed by atoms with van der Waals surface area (Å²) in [6, 6.07) is 0. The zero-order valence-electron chi connectivity index (χ0n) is 9.26. The number of unbranched alkanes of at least 4 members (excludes halogenated alkanes) is 1. The molecule has 95 valence electrons. The number of ether oxygens (including phenoxy) is 1. The topological polar surface area (TPSA) is 69.6 Å². The van der Waals surface area contributed by atoms with Crippen LogP contribution in [0.15, 0.2) is 0 Å². The monoisotopic (exact) mass is 267 g/mol. The van der Waals surface area contributed by atoms with Gasteiger partial charge in [-0.15, -0.1) is 10.2 Å². The van der Waals surface area contributed by atoms with Gasteiger partial charge in [0.25, 0.3) is 0 Å². The molecule has 1 N–H and O–H groups in total. The Bertz CT molecular complexity index is 213. The second-order valence-electron chi connectivity index (χ2n) is 3.76. The van der Waals surface area contributed by atoms with Gasteiger partial charge in [0.15, 0.2) is 0 Å². The van der Waals surface area contributed by atoms with Crippen molar-refractivity contribution in [2.45, 2.75) is 37.4 Å². The van der Waals surface area contributed by atoms with Crippen LogP contribution >= 0.6 is 10.8 Å². The molecule has 1 rings (SSSR count). The van der Waals surface area contributed by atoms with E-state index in [4.69, 9.17) is 9.84 Å².